The van der Waals surface area contributed by atoms with Crippen LogP contribution in [0, 0.1) is 6.92 Å². The van der Waals surface area contributed by atoms with Gasteiger partial charge in [-0.1, -0.05) is 43.7 Å². The number of Topliss-reactive ketones (excluding diaryl/α,β-unsaturated/α-hetero) is 1. The molecule has 1 aromatic rings. The van der Waals surface area contributed by atoms with Crippen molar-refractivity contribution in [1.82, 2.24) is 4.90 Å². The average Bonchev–Trinajstić information content (AvgIpc) is 2.35. The molecule has 0 bridgehead atoms. The highest BCUT2D eigenvalue weighted by Crippen LogP contribution is 2.08. The quantitative estimate of drug-likeness (QED) is 0.703. The molecule has 0 aromatic heterocycles. The topological polar surface area (TPSA) is 20.3 Å². The third kappa shape index (κ3) is 3.97. The SMILES string of the molecule is CCC(C)N(CC)CC(=O)c1ccc(C)cc1. The number of aryl methyl sites for hydroxylation is 1. The Bertz CT molecular complexity index is 356. The first-order valence-corrected chi connectivity index (χ1v) is 6.42. The van der Waals surface area contributed by atoms with Gasteiger partial charge in [0.05, 0.1) is 6.54 Å². The van der Waals surface area contributed by atoms with Crippen molar-refractivity contribution in [2.24, 2.45) is 0 Å². The molecule has 2 nitrogen and oxygen atoms in total. The number of benzene rings is 1. The number of nitrogens with zero attached hydrogens (tertiary/aromatic N) is 1. The number of rotatable bonds is 6. The van der Waals surface area contributed by atoms with E-state index in [9.17, 15) is 4.79 Å². The van der Waals surface area contributed by atoms with Crippen LogP contribution in [0.4, 0.5) is 0 Å². The van der Waals surface area contributed by atoms with Crippen LogP contribution >= 0.6 is 0 Å². The van der Waals surface area contributed by atoms with Gasteiger partial charge in [0.2, 0.25) is 0 Å². The normalized spacial score (nSPS) is 12.8. The van der Waals surface area contributed by atoms with Crippen molar-refractivity contribution >= 4 is 5.78 Å². The summed E-state index contributed by atoms with van der Waals surface area (Å²) < 4.78 is 0. The van der Waals surface area contributed by atoms with Crippen LogP contribution in [0.2, 0.25) is 0 Å². The van der Waals surface area contributed by atoms with E-state index >= 15 is 0 Å². The van der Waals surface area contributed by atoms with E-state index in [4.69, 9.17) is 0 Å². The van der Waals surface area contributed by atoms with Gasteiger partial charge in [0, 0.05) is 11.6 Å². The van der Waals surface area contributed by atoms with Gasteiger partial charge in [0.15, 0.2) is 5.78 Å². The molecule has 1 atom stereocenters. The second-order valence-corrected chi connectivity index (χ2v) is 4.61. The Hall–Kier alpha value is -1.15. The largest absolute Gasteiger partial charge is 0.293 e. The van der Waals surface area contributed by atoms with Crippen molar-refractivity contribution < 1.29 is 4.79 Å². The summed E-state index contributed by atoms with van der Waals surface area (Å²) in [5, 5.41) is 0. The summed E-state index contributed by atoms with van der Waals surface area (Å²) in [5.74, 6) is 0.215. The van der Waals surface area contributed by atoms with Gasteiger partial charge in [-0.3, -0.25) is 9.69 Å². The van der Waals surface area contributed by atoms with E-state index < -0.39 is 0 Å². The predicted octanol–water partition coefficient (Wildman–Crippen LogP) is 3.30. The fraction of sp³-hybridized carbons (Fsp3) is 0.533. The molecule has 0 saturated carbocycles. The molecule has 0 spiro atoms. The first-order valence-electron chi connectivity index (χ1n) is 6.42. The lowest BCUT2D eigenvalue weighted by molar-refractivity contribution is 0.0902. The summed E-state index contributed by atoms with van der Waals surface area (Å²) >= 11 is 0. The molecule has 0 aliphatic carbocycles. The van der Waals surface area contributed by atoms with Gasteiger partial charge in [-0.15, -0.1) is 0 Å². The zero-order chi connectivity index (χ0) is 12.8. The molecular weight excluding hydrogens is 210 g/mol. The summed E-state index contributed by atoms with van der Waals surface area (Å²) in [4.78, 5) is 14.3. The molecule has 1 rings (SSSR count). The Morgan fingerprint density at radius 2 is 1.82 bits per heavy atom. The minimum Gasteiger partial charge on any atom is -0.293 e. The van der Waals surface area contributed by atoms with Crippen LogP contribution in [0.15, 0.2) is 24.3 Å². The monoisotopic (exact) mass is 233 g/mol. The maximum Gasteiger partial charge on any atom is 0.176 e. The van der Waals surface area contributed by atoms with Gasteiger partial charge in [0.25, 0.3) is 0 Å². The molecule has 0 aliphatic heterocycles. The van der Waals surface area contributed by atoms with E-state index in [0.29, 0.717) is 12.6 Å². The van der Waals surface area contributed by atoms with E-state index in [1.54, 1.807) is 0 Å². The Morgan fingerprint density at radius 3 is 2.29 bits per heavy atom. The lowest BCUT2D eigenvalue weighted by Gasteiger charge is -2.26. The minimum atomic E-state index is 0.215. The Labute approximate surface area is 105 Å². The van der Waals surface area contributed by atoms with Crippen LogP contribution in [-0.4, -0.2) is 29.8 Å². The molecule has 94 valence electrons. The van der Waals surface area contributed by atoms with Crippen LogP contribution in [0.5, 0.6) is 0 Å². The Balaban J connectivity index is 2.67. The molecule has 2 heteroatoms. The molecule has 0 fully saturated rings. The zero-order valence-corrected chi connectivity index (χ0v) is 11.4. The highest BCUT2D eigenvalue weighted by molar-refractivity contribution is 5.97. The third-order valence-corrected chi connectivity index (χ3v) is 3.34. The molecule has 0 N–H and O–H groups in total. The molecule has 0 heterocycles. The van der Waals surface area contributed by atoms with Crippen molar-refractivity contribution in [2.75, 3.05) is 13.1 Å². The van der Waals surface area contributed by atoms with Crippen LogP contribution < -0.4 is 0 Å². The van der Waals surface area contributed by atoms with Gasteiger partial charge < -0.3 is 0 Å². The van der Waals surface area contributed by atoms with Crippen molar-refractivity contribution in [3.8, 4) is 0 Å². The fourth-order valence-corrected chi connectivity index (χ4v) is 1.85. The van der Waals surface area contributed by atoms with Gasteiger partial charge in [-0.2, -0.15) is 0 Å². The molecule has 17 heavy (non-hydrogen) atoms. The molecular formula is C15H23NO. The third-order valence-electron chi connectivity index (χ3n) is 3.34. The second-order valence-electron chi connectivity index (χ2n) is 4.61. The van der Waals surface area contributed by atoms with Crippen molar-refractivity contribution in [3.63, 3.8) is 0 Å². The molecule has 1 aromatic carbocycles. The van der Waals surface area contributed by atoms with E-state index in [0.717, 1.165) is 18.5 Å². The van der Waals surface area contributed by atoms with Crippen LogP contribution in [0.1, 0.15) is 43.1 Å². The predicted molar refractivity (Wildman–Crippen MR) is 72.5 cm³/mol. The molecule has 0 aliphatic rings. The van der Waals surface area contributed by atoms with Gasteiger partial charge in [-0.05, 0) is 26.8 Å². The summed E-state index contributed by atoms with van der Waals surface area (Å²) in [6.07, 6.45) is 1.08. The molecule has 0 radical (unpaired) electrons. The number of likely N-dealkylation sites (N-methyl/N-ethyl adjacent to an activating group) is 1. The van der Waals surface area contributed by atoms with Crippen molar-refractivity contribution in [2.45, 2.75) is 40.2 Å². The molecule has 1 unspecified atom stereocenters. The summed E-state index contributed by atoms with van der Waals surface area (Å²) in [6.45, 7) is 9.91. The van der Waals surface area contributed by atoms with E-state index in [1.807, 2.05) is 31.2 Å². The number of hydrogen-bond donors (Lipinski definition) is 0. The number of hydrogen-bond acceptors (Lipinski definition) is 2. The number of carbonyl (C=O) groups excluding carboxylic acids is 1. The van der Waals surface area contributed by atoms with Crippen LogP contribution in [0.25, 0.3) is 0 Å². The van der Waals surface area contributed by atoms with Crippen LogP contribution in [0.3, 0.4) is 0 Å². The standard InChI is InChI=1S/C15H23NO/c1-5-13(4)16(6-2)11-15(17)14-9-7-12(3)8-10-14/h7-10,13H,5-6,11H2,1-4H3. The van der Waals surface area contributed by atoms with Crippen molar-refractivity contribution in [1.29, 1.82) is 0 Å². The zero-order valence-electron chi connectivity index (χ0n) is 11.4. The Morgan fingerprint density at radius 1 is 1.24 bits per heavy atom. The highest BCUT2D eigenvalue weighted by atomic mass is 16.1. The summed E-state index contributed by atoms with van der Waals surface area (Å²) in [6, 6.07) is 8.29. The first-order chi connectivity index (χ1) is 8.08. The molecule has 0 saturated heterocycles. The first kappa shape index (κ1) is 13.9. The summed E-state index contributed by atoms with van der Waals surface area (Å²) in [7, 11) is 0. The van der Waals surface area contributed by atoms with E-state index in [-0.39, 0.29) is 5.78 Å². The smallest absolute Gasteiger partial charge is 0.176 e. The van der Waals surface area contributed by atoms with E-state index in [2.05, 4.69) is 25.7 Å². The summed E-state index contributed by atoms with van der Waals surface area (Å²) in [5.41, 5.74) is 2.01. The highest BCUT2D eigenvalue weighted by Gasteiger charge is 2.15. The lowest BCUT2D eigenvalue weighted by Crippen LogP contribution is -2.36. The Kier molecular flexibility index (Phi) is 5.36. The molecule has 0 amide bonds. The van der Waals surface area contributed by atoms with E-state index in [1.165, 1.54) is 5.56 Å². The van der Waals surface area contributed by atoms with Gasteiger partial charge in [0.1, 0.15) is 0 Å². The number of carbonyl (C=O) groups is 1. The van der Waals surface area contributed by atoms with Gasteiger partial charge in [-0.25, -0.2) is 0 Å². The fourth-order valence-electron chi connectivity index (χ4n) is 1.85. The maximum absolute atomic E-state index is 12.1. The van der Waals surface area contributed by atoms with Gasteiger partial charge >= 0.3 is 0 Å². The second kappa shape index (κ2) is 6.55. The average molecular weight is 233 g/mol. The van der Waals surface area contributed by atoms with Crippen molar-refractivity contribution in [3.05, 3.63) is 35.4 Å². The number of ketones is 1. The minimum absolute atomic E-state index is 0.215. The van der Waals surface area contributed by atoms with Crippen LogP contribution in [-0.2, 0) is 0 Å². The maximum atomic E-state index is 12.1. The lowest BCUT2D eigenvalue weighted by atomic mass is 10.1.